The highest BCUT2D eigenvalue weighted by Gasteiger charge is 1.98. The quantitative estimate of drug-likeness (QED) is 0.504. The van der Waals surface area contributed by atoms with Gasteiger partial charge in [-0.2, -0.15) is 0 Å². The van der Waals surface area contributed by atoms with Gasteiger partial charge in [-0.15, -0.1) is 0 Å². The van der Waals surface area contributed by atoms with Crippen LogP contribution in [0.3, 0.4) is 0 Å². The van der Waals surface area contributed by atoms with Crippen molar-refractivity contribution in [1.29, 1.82) is 0 Å². The van der Waals surface area contributed by atoms with E-state index >= 15 is 0 Å². The third-order valence-corrected chi connectivity index (χ3v) is 2.47. The molecule has 4 nitrogen and oxygen atoms in total. The van der Waals surface area contributed by atoms with Crippen LogP contribution in [0, 0.1) is 0 Å². The molecule has 0 saturated carbocycles. The Bertz CT molecular complexity index is 145. The van der Waals surface area contributed by atoms with Crippen molar-refractivity contribution in [3.8, 4) is 0 Å². The predicted molar refractivity (Wildman–Crippen MR) is 70.5 cm³/mol. The third-order valence-electron chi connectivity index (χ3n) is 2.47. The minimum absolute atomic E-state index is 0.592. The Morgan fingerprint density at radius 3 is 2.35 bits per heavy atom. The summed E-state index contributed by atoms with van der Waals surface area (Å²) in [5, 5.41) is 3.42. The van der Waals surface area contributed by atoms with Gasteiger partial charge in [-0.3, -0.25) is 0 Å². The van der Waals surface area contributed by atoms with Gasteiger partial charge in [0.1, 0.15) is 0 Å². The second-order valence-electron chi connectivity index (χ2n) is 4.21. The monoisotopic (exact) mass is 247 g/mol. The molecule has 0 amide bonds. The summed E-state index contributed by atoms with van der Waals surface area (Å²) < 4.78 is 15.8. The number of hydrogen-bond acceptors (Lipinski definition) is 4. The zero-order chi connectivity index (χ0) is 12.8. The largest absolute Gasteiger partial charge is 0.385 e. The fraction of sp³-hybridized carbons (Fsp3) is 1.00. The number of nitrogens with one attached hydrogen (secondary N) is 1. The van der Waals surface area contributed by atoms with E-state index in [0.29, 0.717) is 19.3 Å². The van der Waals surface area contributed by atoms with E-state index < -0.39 is 0 Å². The van der Waals surface area contributed by atoms with Crippen molar-refractivity contribution < 1.29 is 14.2 Å². The lowest BCUT2D eigenvalue weighted by molar-refractivity contribution is 0.0404. The number of hydrogen-bond donors (Lipinski definition) is 1. The number of methoxy groups -OCH3 is 1. The van der Waals surface area contributed by atoms with E-state index in [-0.39, 0.29) is 0 Å². The van der Waals surface area contributed by atoms with Gasteiger partial charge in [-0.1, -0.05) is 13.3 Å². The van der Waals surface area contributed by atoms with Crippen LogP contribution in [0.1, 0.15) is 33.1 Å². The zero-order valence-corrected chi connectivity index (χ0v) is 11.7. The molecular formula is C13H29NO3. The van der Waals surface area contributed by atoms with Gasteiger partial charge in [0.25, 0.3) is 0 Å². The summed E-state index contributed by atoms with van der Waals surface area (Å²) in [5.41, 5.74) is 0. The van der Waals surface area contributed by atoms with Crippen LogP contribution < -0.4 is 5.32 Å². The summed E-state index contributed by atoms with van der Waals surface area (Å²) in [6.07, 6.45) is 3.40. The Morgan fingerprint density at radius 1 is 1.00 bits per heavy atom. The Kier molecular flexibility index (Phi) is 13.8. The minimum atomic E-state index is 0.592. The average molecular weight is 247 g/mol. The van der Waals surface area contributed by atoms with Crippen LogP contribution in [0.15, 0.2) is 0 Å². The maximum absolute atomic E-state index is 5.45. The summed E-state index contributed by atoms with van der Waals surface area (Å²) in [7, 11) is 1.70. The molecular weight excluding hydrogens is 218 g/mol. The molecule has 1 N–H and O–H groups in total. The van der Waals surface area contributed by atoms with Crippen molar-refractivity contribution in [2.24, 2.45) is 0 Å². The Labute approximate surface area is 106 Å². The van der Waals surface area contributed by atoms with Crippen molar-refractivity contribution >= 4 is 0 Å². The topological polar surface area (TPSA) is 39.7 Å². The SMILES string of the molecule is CCCC(C)NCCOCCOCCCOC. The molecule has 17 heavy (non-hydrogen) atoms. The molecule has 4 heteroatoms. The first-order chi connectivity index (χ1) is 8.31. The van der Waals surface area contributed by atoms with E-state index in [2.05, 4.69) is 19.2 Å². The first kappa shape index (κ1) is 16.8. The van der Waals surface area contributed by atoms with Crippen LogP contribution >= 0.6 is 0 Å². The molecule has 0 spiro atoms. The molecule has 104 valence electrons. The molecule has 0 aliphatic carbocycles. The van der Waals surface area contributed by atoms with E-state index in [1.807, 2.05) is 0 Å². The second-order valence-corrected chi connectivity index (χ2v) is 4.21. The van der Waals surface area contributed by atoms with Gasteiger partial charge in [0, 0.05) is 32.9 Å². The van der Waals surface area contributed by atoms with Gasteiger partial charge in [-0.05, 0) is 19.8 Å². The highest BCUT2D eigenvalue weighted by molar-refractivity contribution is 4.58. The smallest absolute Gasteiger partial charge is 0.0701 e. The van der Waals surface area contributed by atoms with Crippen LogP contribution in [-0.2, 0) is 14.2 Å². The van der Waals surface area contributed by atoms with Crippen molar-refractivity contribution in [3.63, 3.8) is 0 Å². The molecule has 0 heterocycles. The first-order valence-corrected chi connectivity index (χ1v) is 6.69. The van der Waals surface area contributed by atoms with Gasteiger partial charge in [0.2, 0.25) is 0 Å². The normalized spacial score (nSPS) is 12.9. The van der Waals surface area contributed by atoms with Gasteiger partial charge in [0.05, 0.1) is 19.8 Å². The fourth-order valence-corrected chi connectivity index (χ4v) is 1.54. The van der Waals surface area contributed by atoms with Crippen molar-refractivity contribution in [2.45, 2.75) is 39.2 Å². The van der Waals surface area contributed by atoms with Crippen LogP contribution in [0.5, 0.6) is 0 Å². The molecule has 0 aromatic carbocycles. The summed E-state index contributed by atoms with van der Waals surface area (Å²) in [5.74, 6) is 0. The molecule has 0 aromatic rings. The summed E-state index contributed by atoms with van der Waals surface area (Å²) in [6.45, 7) is 8.96. The summed E-state index contributed by atoms with van der Waals surface area (Å²) in [4.78, 5) is 0. The first-order valence-electron chi connectivity index (χ1n) is 6.69. The fourth-order valence-electron chi connectivity index (χ4n) is 1.54. The standard InChI is InChI=1S/C13H29NO3/c1-4-6-13(2)14-7-10-17-12-11-16-9-5-8-15-3/h13-14H,4-12H2,1-3H3. The van der Waals surface area contributed by atoms with Gasteiger partial charge in [0.15, 0.2) is 0 Å². The summed E-state index contributed by atoms with van der Waals surface area (Å²) >= 11 is 0. The molecule has 0 fully saturated rings. The number of rotatable bonds is 13. The Balaban J connectivity index is 2.98. The molecule has 0 aromatic heterocycles. The average Bonchev–Trinajstić information content (AvgIpc) is 2.32. The molecule has 0 aliphatic rings. The molecule has 1 atom stereocenters. The molecule has 0 aliphatic heterocycles. The molecule has 0 saturated heterocycles. The maximum Gasteiger partial charge on any atom is 0.0701 e. The van der Waals surface area contributed by atoms with Crippen molar-refractivity contribution in [1.82, 2.24) is 5.32 Å². The lowest BCUT2D eigenvalue weighted by atomic mass is 10.2. The van der Waals surface area contributed by atoms with Gasteiger partial charge >= 0.3 is 0 Å². The van der Waals surface area contributed by atoms with Crippen LogP contribution in [0.25, 0.3) is 0 Å². The highest BCUT2D eigenvalue weighted by atomic mass is 16.5. The van der Waals surface area contributed by atoms with Crippen molar-refractivity contribution in [3.05, 3.63) is 0 Å². The van der Waals surface area contributed by atoms with E-state index in [1.54, 1.807) is 7.11 Å². The zero-order valence-electron chi connectivity index (χ0n) is 11.7. The Hall–Kier alpha value is -0.160. The van der Waals surface area contributed by atoms with E-state index in [0.717, 1.165) is 32.8 Å². The molecule has 0 rings (SSSR count). The summed E-state index contributed by atoms with van der Waals surface area (Å²) in [6, 6.07) is 0.592. The van der Waals surface area contributed by atoms with E-state index in [4.69, 9.17) is 14.2 Å². The second kappa shape index (κ2) is 13.9. The maximum atomic E-state index is 5.45. The lowest BCUT2D eigenvalue weighted by Crippen LogP contribution is -2.29. The van der Waals surface area contributed by atoms with Crippen LogP contribution in [0.4, 0.5) is 0 Å². The van der Waals surface area contributed by atoms with Crippen LogP contribution in [-0.4, -0.2) is 52.7 Å². The minimum Gasteiger partial charge on any atom is -0.385 e. The third kappa shape index (κ3) is 13.8. The van der Waals surface area contributed by atoms with E-state index in [1.165, 1.54) is 12.8 Å². The van der Waals surface area contributed by atoms with E-state index in [9.17, 15) is 0 Å². The number of ether oxygens (including phenoxy) is 3. The molecule has 0 bridgehead atoms. The molecule has 1 unspecified atom stereocenters. The Morgan fingerprint density at radius 2 is 1.71 bits per heavy atom. The lowest BCUT2D eigenvalue weighted by Gasteiger charge is -2.12. The highest BCUT2D eigenvalue weighted by Crippen LogP contribution is 1.93. The molecule has 0 radical (unpaired) electrons. The van der Waals surface area contributed by atoms with Gasteiger partial charge < -0.3 is 19.5 Å². The predicted octanol–water partition coefficient (Wildman–Crippen LogP) is 1.83. The van der Waals surface area contributed by atoms with Crippen molar-refractivity contribution in [2.75, 3.05) is 46.7 Å². The van der Waals surface area contributed by atoms with Crippen LogP contribution in [0.2, 0.25) is 0 Å². The van der Waals surface area contributed by atoms with Gasteiger partial charge in [-0.25, -0.2) is 0 Å².